The van der Waals surface area contributed by atoms with E-state index in [9.17, 15) is 18.4 Å². The van der Waals surface area contributed by atoms with E-state index >= 15 is 0 Å². The highest BCUT2D eigenvalue weighted by molar-refractivity contribution is 5.98. The molecule has 2 aromatic rings. The topological polar surface area (TPSA) is 95.3 Å². The molecule has 1 N–H and O–H groups in total. The first-order chi connectivity index (χ1) is 13.4. The molecule has 1 atom stereocenters. The van der Waals surface area contributed by atoms with Crippen LogP contribution in [-0.4, -0.2) is 46.8 Å². The van der Waals surface area contributed by atoms with E-state index in [2.05, 4.69) is 10.3 Å². The largest absolute Gasteiger partial charge is 0.455 e. The van der Waals surface area contributed by atoms with Crippen LogP contribution < -0.4 is 10.1 Å². The summed E-state index contributed by atoms with van der Waals surface area (Å²) in [7, 11) is 0. The number of carbonyl (C=O) groups is 2. The molecule has 1 aliphatic heterocycles. The molecule has 144 valence electrons. The lowest BCUT2D eigenvalue weighted by Gasteiger charge is -2.19. The average Bonchev–Trinajstić information content (AvgIpc) is 3.02. The van der Waals surface area contributed by atoms with Crippen molar-refractivity contribution in [2.45, 2.75) is 18.4 Å². The number of halogens is 2. The summed E-state index contributed by atoms with van der Waals surface area (Å²) in [5, 5.41) is 11.3. The molecule has 2 heterocycles. The SMILES string of the molecule is N#C[C@@H]1CC(F)(F)CN1C(=O)CNC(=O)c1ccncc1Oc1ccccc1. The number of para-hydroxylation sites is 1. The van der Waals surface area contributed by atoms with E-state index in [-0.39, 0.29) is 11.3 Å². The van der Waals surface area contributed by atoms with Gasteiger partial charge in [0.2, 0.25) is 5.91 Å². The van der Waals surface area contributed by atoms with Gasteiger partial charge in [0.25, 0.3) is 11.8 Å². The van der Waals surface area contributed by atoms with Gasteiger partial charge in [-0.2, -0.15) is 5.26 Å². The van der Waals surface area contributed by atoms with Crippen molar-refractivity contribution in [3.05, 3.63) is 54.4 Å². The summed E-state index contributed by atoms with van der Waals surface area (Å²) >= 11 is 0. The monoisotopic (exact) mass is 386 g/mol. The van der Waals surface area contributed by atoms with Crippen LogP contribution in [0.25, 0.3) is 0 Å². The minimum Gasteiger partial charge on any atom is -0.455 e. The van der Waals surface area contributed by atoms with Gasteiger partial charge in [0, 0.05) is 12.6 Å². The fourth-order valence-corrected chi connectivity index (χ4v) is 2.81. The molecule has 1 aliphatic rings. The molecule has 1 fully saturated rings. The third-order valence-electron chi connectivity index (χ3n) is 4.14. The average molecular weight is 386 g/mol. The second kappa shape index (κ2) is 8.00. The van der Waals surface area contributed by atoms with Gasteiger partial charge in [-0.15, -0.1) is 0 Å². The number of ether oxygens (including phenoxy) is 1. The molecular weight excluding hydrogens is 370 g/mol. The minimum atomic E-state index is -3.11. The molecule has 0 radical (unpaired) electrons. The second-order valence-electron chi connectivity index (χ2n) is 6.20. The van der Waals surface area contributed by atoms with E-state index in [0.29, 0.717) is 5.75 Å². The van der Waals surface area contributed by atoms with Crippen molar-refractivity contribution in [1.29, 1.82) is 5.26 Å². The van der Waals surface area contributed by atoms with E-state index in [0.717, 1.165) is 4.90 Å². The first-order valence-corrected chi connectivity index (χ1v) is 8.42. The lowest BCUT2D eigenvalue weighted by Crippen LogP contribution is -2.43. The van der Waals surface area contributed by atoms with E-state index in [1.165, 1.54) is 18.5 Å². The van der Waals surface area contributed by atoms with Crippen LogP contribution in [0.1, 0.15) is 16.8 Å². The molecule has 7 nitrogen and oxygen atoms in total. The fourth-order valence-electron chi connectivity index (χ4n) is 2.81. The van der Waals surface area contributed by atoms with Crippen molar-refractivity contribution >= 4 is 11.8 Å². The highest BCUT2D eigenvalue weighted by atomic mass is 19.3. The Morgan fingerprint density at radius 2 is 2.07 bits per heavy atom. The van der Waals surface area contributed by atoms with Crippen molar-refractivity contribution in [3.63, 3.8) is 0 Å². The maximum absolute atomic E-state index is 13.5. The zero-order valence-corrected chi connectivity index (χ0v) is 14.6. The fraction of sp³-hybridized carbons (Fsp3) is 0.263. The lowest BCUT2D eigenvalue weighted by molar-refractivity contribution is -0.131. The lowest BCUT2D eigenvalue weighted by atomic mass is 10.2. The summed E-state index contributed by atoms with van der Waals surface area (Å²) in [6.45, 7) is -1.35. The zero-order valence-electron chi connectivity index (χ0n) is 14.6. The number of nitrogens with zero attached hydrogens (tertiary/aromatic N) is 3. The van der Waals surface area contributed by atoms with Gasteiger partial charge in [0.05, 0.1) is 30.9 Å². The Hall–Kier alpha value is -3.54. The molecule has 1 saturated heterocycles. The van der Waals surface area contributed by atoms with E-state index in [1.807, 2.05) is 6.07 Å². The molecule has 1 aromatic heterocycles. The van der Waals surface area contributed by atoms with Crippen LogP contribution in [0.2, 0.25) is 0 Å². The molecule has 0 aliphatic carbocycles. The molecule has 28 heavy (non-hydrogen) atoms. The number of rotatable bonds is 5. The van der Waals surface area contributed by atoms with Crippen molar-refractivity contribution in [2.24, 2.45) is 0 Å². The highest BCUT2D eigenvalue weighted by Gasteiger charge is 2.47. The quantitative estimate of drug-likeness (QED) is 0.851. The number of pyridine rings is 1. The number of carbonyl (C=O) groups excluding carboxylic acids is 2. The number of alkyl halides is 2. The summed E-state index contributed by atoms with van der Waals surface area (Å²) in [6.07, 6.45) is 2.04. The Labute approximate surface area is 159 Å². The van der Waals surface area contributed by atoms with Gasteiger partial charge in [-0.05, 0) is 18.2 Å². The molecule has 0 unspecified atom stereocenters. The summed E-state index contributed by atoms with van der Waals surface area (Å²) < 4.78 is 32.6. The third kappa shape index (κ3) is 4.40. The predicted octanol–water partition coefficient (Wildman–Crippen LogP) is 2.36. The molecule has 0 saturated carbocycles. The van der Waals surface area contributed by atoms with Gasteiger partial charge in [-0.3, -0.25) is 14.6 Å². The first-order valence-electron chi connectivity index (χ1n) is 8.42. The van der Waals surface area contributed by atoms with Crippen LogP contribution in [0.5, 0.6) is 11.5 Å². The number of nitriles is 1. The van der Waals surface area contributed by atoms with Gasteiger partial charge in [0.15, 0.2) is 5.75 Å². The number of hydrogen-bond acceptors (Lipinski definition) is 5. The van der Waals surface area contributed by atoms with E-state index < -0.39 is 43.3 Å². The molecule has 0 bridgehead atoms. The number of amides is 2. The summed E-state index contributed by atoms with van der Waals surface area (Å²) in [6, 6.07) is 10.6. The normalized spacial score (nSPS) is 17.6. The number of aromatic nitrogens is 1. The molecule has 2 amide bonds. The van der Waals surface area contributed by atoms with Crippen molar-refractivity contribution in [1.82, 2.24) is 15.2 Å². The predicted molar refractivity (Wildman–Crippen MR) is 93.8 cm³/mol. The van der Waals surface area contributed by atoms with Gasteiger partial charge >= 0.3 is 0 Å². The van der Waals surface area contributed by atoms with Gasteiger partial charge in [-0.25, -0.2) is 8.78 Å². The summed E-state index contributed by atoms with van der Waals surface area (Å²) in [5.41, 5.74) is 0.134. The Balaban J connectivity index is 1.66. The number of hydrogen-bond donors (Lipinski definition) is 1. The molecule has 1 aromatic carbocycles. The number of nitrogens with one attached hydrogen (secondary N) is 1. The Bertz CT molecular complexity index is 915. The standard InChI is InChI=1S/C19H16F2N4O3/c20-19(21)8-13(9-22)25(12-19)17(26)11-24-18(27)15-6-7-23-10-16(15)28-14-4-2-1-3-5-14/h1-7,10,13H,8,11-12H2,(H,24,27)/t13-/m0/s1. The maximum atomic E-state index is 13.5. The van der Waals surface area contributed by atoms with Gasteiger partial charge in [0.1, 0.15) is 11.8 Å². The molecule has 0 spiro atoms. The molecule has 3 rings (SSSR count). The van der Waals surface area contributed by atoms with E-state index in [4.69, 9.17) is 10.00 Å². The van der Waals surface area contributed by atoms with Crippen LogP contribution in [0.3, 0.4) is 0 Å². The van der Waals surface area contributed by atoms with Crippen LogP contribution in [0.15, 0.2) is 48.8 Å². The van der Waals surface area contributed by atoms with Crippen molar-refractivity contribution in [3.8, 4) is 17.6 Å². The zero-order chi connectivity index (χ0) is 20.1. The first kappa shape index (κ1) is 19.2. The van der Waals surface area contributed by atoms with Crippen molar-refractivity contribution in [2.75, 3.05) is 13.1 Å². The number of benzene rings is 1. The summed E-state index contributed by atoms with van der Waals surface area (Å²) in [4.78, 5) is 29.4. The second-order valence-corrected chi connectivity index (χ2v) is 6.20. The Morgan fingerprint density at radius 3 is 2.79 bits per heavy atom. The van der Waals surface area contributed by atoms with Crippen molar-refractivity contribution < 1.29 is 23.1 Å². The molecule has 9 heteroatoms. The summed E-state index contributed by atoms with van der Waals surface area (Å²) in [5.74, 6) is -3.81. The van der Waals surface area contributed by atoms with Crippen LogP contribution >= 0.6 is 0 Å². The Kier molecular flexibility index (Phi) is 5.49. The smallest absolute Gasteiger partial charge is 0.268 e. The minimum absolute atomic E-state index is 0.134. The Morgan fingerprint density at radius 1 is 1.32 bits per heavy atom. The van der Waals surface area contributed by atoms with E-state index in [1.54, 1.807) is 30.3 Å². The number of likely N-dealkylation sites (tertiary alicyclic amines) is 1. The van der Waals surface area contributed by atoms with Gasteiger partial charge < -0.3 is 15.0 Å². The maximum Gasteiger partial charge on any atom is 0.268 e. The van der Waals surface area contributed by atoms with Crippen LogP contribution in [0, 0.1) is 11.3 Å². The third-order valence-corrected chi connectivity index (χ3v) is 4.14. The molecular formula is C19H16F2N4O3. The highest BCUT2D eigenvalue weighted by Crippen LogP contribution is 2.31. The van der Waals surface area contributed by atoms with Crippen LogP contribution in [0.4, 0.5) is 8.78 Å². The van der Waals surface area contributed by atoms with Crippen LogP contribution in [-0.2, 0) is 4.79 Å². The van der Waals surface area contributed by atoms with Gasteiger partial charge in [-0.1, -0.05) is 18.2 Å².